The zero-order valence-electron chi connectivity index (χ0n) is 18.4. The first-order chi connectivity index (χ1) is 16.0. The molecule has 11 heteroatoms. The van der Waals surface area contributed by atoms with E-state index in [9.17, 15) is 9.90 Å². The number of carbonyl (C=O) groups excluding carboxylic acids is 1. The summed E-state index contributed by atoms with van der Waals surface area (Å²) < 4.78 is 32.1. The maximum atomic E-state index is 15.6. The Morgan fingerprint density at radius 1 is 1.27 bits per heavy atom. The molecule has 0 spiro atoms. The third-order valence-electron chi connectivity index (χ3n) is 5.89. The Morgan fingerprint density at radius 3 is 2.70 bits per heavy atom. The molecule has 2 aromatic heterocycles. The molecule has 0 bridgehead atoms. The van der Waals surface area contributed by atoms with E-state index in [0.29, 0.717) is 72.4 Å². The van der Waals surface area contributed by atoms with E-state index in [0.717, 1.165) is 0 Å². The van der Waals surface area contributed by atoms with Crippen molar-refractivity contribution in [3.63, 3.8) is 0 Å². The van der Waals surface area contributed by atoms with E-state index in [1.807, 2.05) is 18.7 Å². The number of morpholine rings is 2. The Hall–Kier alpha value is -2.60. The summed E-state index contributed by atoms with van der Waals surface area (Å²) in [6.07, 6.45) is -0.142. The molecular weight excluding hydrogens is 451 g/mol. The van der Waals surface area contributed by atoms with Crippen molar-refractivity contribution < 1.29 is 28.3 Å². The van der Waals surface area contributed by atoms with Crippen molar-refractivity contribution >= 4 is 33.9 Å². The minimum Gasteiger partial charge on any atom is -0.392 e. The highest BCUT2D eigenvalue weighted by Crippen LogP contribution is 2.38. The van der Waals surface area contributed by atoms with Gasteiger partial charge in [-0.3, -0.25) is 4.79 Å². The molecule has 4 heterocycles. The number of nitrogens with zero attached hydrogens (tertiary/aromatic N) is 4. The molecular formula is C22H25FN4O5S. The van der Waals surface area contributed by atoms with Gasteiger partial charge in [0, 0.05) is 37.1 Å². The van der Waals surface area contributed by atoms with Crippen molar-refractivity contribution in [1.82, 2.24) is 15.0 Å². The van der Waals surface area contributed by atoms with Crippen LogP contribution in [-0.4, -0.2) is 77.7 Å². The van der Waals surface area contributed by atoms with Crippen molar-refractivity contribution in [2.24, 2.45) is 0 Å². The fourth-order valence-electron chi connectivity index (χ4n) is 4.47. The molecule has 1 aromatic carbocycles. The van der Waals surface area contributed by atoms with Crippen LogP contribution in [0.25, 0.3) is 21.7 Å². The first kappa shape index (κ1) is 22.2. The lowest BCUT2D eigenvalue weighted by Crippen LogP contribution is -2.46. The molecule has 176 valence electrons. The minimum atomic E-state index is -0.572. The molecule has 2 aliphatic heterocycles. The number of thiazole rings is 1. The SMILES string of the molecule is CC1CN(c2c(CO)cc3c(-c4nc(C(=O)N5CCOCC5)cs4)noc3c2F)CC(C)O1. The molecule has 5 rings (SSSR count). The second-order valence-corrected chi connectivity index (χ2v) is 9.23. The number of rotatable bonds is 4. The molecule has 9 nitrogen and oxygen atoms in total. The van der Waals surface area contributed by atoms with Crippen LogP contribution in [-0.2, 0) is 16.1 Å². The van der Waals surface area contributed by atoms with Gasteiger partial charge in [0.25, 0.3) is 5.91 Å². The van der Waals surface area contributed by atoms with Gasteiger partial charge in [-0.05, 0) is 19.9 Å². The zero-order chi connectivity index (χ0) is 23.1. The summed E-state index contributed by atoms with van der Waals surface area (Å²) in [5.74, 6) is -0.744. The fourth-order valence-corrected chi connectivity index (χ4v) is 5.25. The zero-order valence-corrected chi connectivity index (χ0v) is 19.2. The van der Waals surface area contributed by atoms with Crippen molar-refractivity contribution in [3.05, 3.63) is 28.5 Å². The molecule has 2 aliphatic rings. The van der Waals surface area contributed by atoms with Crippen LogP contribution < -0.4 is 4.90 Å². The predicted molar refractivity (Wildman–Crippen MR) is 120 cm³/mol. The van der Waals surface area contributed by atoms with E-state index < -0.39 is 5.82 Å². The Kier molecular flexibility index (Phi) is 6.04. The quantitative estimate of drug-likeness (QED) is 0.613. The Bertz CT molecular complexity index is 1170. The lowest BCUT2D eigenvalue weighted by molar-refractivity contribution is -0.00550. The van der Waals surface area contributed by atoms with Crippen molar-refractivity contribution in [2.75, 3.05) is 44.3 Å². The van der Waals surface area contributed by atoms with Gasteiger partial charge in [0.2, 0.25) is 5.58 Å². The van der Waals surface area contributed by atoms with Gasteiger partial charge in [-0.15, -0.1) is 11.3 Å². The van der Waals surface area contributed by atoms with Gasteiger partial charge in [0.1, 0.15) is 10.7 Å². The second-order valence-electron chi connectivity index (χ2n) is 8.37. The average Bonchev–Trinajstić information content (AvgIpc) is 3.45. The molecule has 2 fully saturated rings. The Balaban J connectivity index is 1.50. The molecule has 0 aliphatic carbocycles. The molecule has 33 heavy (non-hydrogen) atoms. The number of halogens is 1. The molecule has 1 amide bonds. The van der Waals surface area contributed by atoms with E-state index in [-0.39, 0.29) is 30.3 Å². The largest absolute Gasteiger partial charge is 0.392 e. The number of aliphatic hydroxyl groups excluding tert-OH is 1. The fraction of sp³-hybridized carbons (Fsp3) is 0.500. The minimum absolute atomic E-state index is 0.000235. The predicted octanol–water partition coefficient (Wildman–Crippen LogP) is 2.67. The van der Waals surface area contributed by atoms with Crippen LogP contribution in [0.3, 0.4) is 0 Å². The summed E-state index contributed by atoms with van der Waals surface area (Å²) >= 11 is 1.24. The topological polar surface area (TPSA) is 101 Å². The van der Waals surface area contributed by atoms with E-state index in [1.165, 1.54) is 11.3 Å². The van der Waals surface area contributed by atoms with Gasteiger partial charge in [-0.2, -0.15) is 0 Å². The standard InChI is InChI=1S/C22H25FN4O5S/c1-12-8-27(9-13(2)31-12)19-14(10-28)7-15-18(25-32-20(15)17(19)23)21-24-16(11-33-21)22(29)26-3-5-30-6-4-26/h7,11-13,28H,3-6,8-10H2,1-2H3. The van der Waals surface area contributed by atoms with Crippen LogP contribution in [0.15, 0.2) is 16.0 Å². The maximum absolute atomic E-state index is 15.6. The highest BCUT2D eigenvalue weighted by molar-refractivity contribution is 7.13. The van der Waals surface area contributed by atoms with Crippen LogP contribution in [0, 0.1) is 5.82 Å². The van der Waals surface area contributed by atoms with E-state index in [1.54, 1.807) is 16.3 Å². The van der Waals surface area contributed by atoms with Crippen molar-refractivity contribution in [2.45, 2.75) is 32.7 Å². The van der Waals surface area contributed by atoms with Crippen molar-refractivity contribution in [1.29, 1.82) is 0 Å². The number of ether oxygens (including phenoxy) is 2. The first-order valence-corrected chi connectivity index (χ1v) is 11.8. The summed E-state index contributed by atoms with van der Waals surface area (Å²) in [5, 5.41) is 16.6. The number of hydrogen-bond acceptors (Lipinski definition) is 9. The van der Waals surface area contributed by atoms with E-state index in [2.05, 4.69) is 10.1 Å². The Morgan fingerprint density at radius 2 is 2.00 bits per heavy atom. The average molecular weight is 477 g/mol. The monoisotopic (exact) mass is 476 g/mol. The number of benzene rings is 1. The highest BCUT2D eigenvalue weighted by Gasteiger charge is 2.30. The number of hydrogen-bond donors (Lipinski definition) is 1. The van der Waals surface area contributed by atoms with Crippen molar-refractivity contribution in [3.8, 4) is 10.7 Å². The molecule has 2 saturated heterocycles. The number of anilines is 1. The molecule has 0 radical (unpaired) electrons. The first-order valence-electron chi connectivity index (χ1n) is 10.9. The number of fused-ring (bicyclic) bond motifs is 1. The van der Waals surface area contributed by atoms with E-state index in [4.69, 9.17) is 14.0 Å². The smallest absolute Gasteiger partial charge is 0.273 e. The van der Waals surface area contributed by atoms with E-state index >= 15 is 4.39 Å². The van der Waals surface area contributed by atoms with Gasteiger partial charge in [-0.25, -0.2) is 9.37 Å². The second kappa shape index (κ2) is 8.98. The van der Waals surface area contributed by atoms with Crippen LogP contribution >= 0.6 is 11.3 Å². The van der Waals surface area contributed by atoms with Crippen LogP contribution in [0.1, 0.15) is 29.9 Å². The number of aliphatic hydroxyl groups is 1. The summed E-state index contributed by atoms with van der Waals surface area (Å²) in [5.41, 5.74) is 1.40. The van der Waals surface area contributed by atoms with Gasteiger partial charge in [-0.1, -0.05) is 5.16 Å². The summed E-state index contributed by atoms with van der Waals surface area (Å²) in [6.45, 7) is 6.57. The molecule has 2 atom stereocenters. The Labute approximate surface area is 193 Å². The number of amides is 1. The van der Waals surface area contributed by atoms with Gasteiger partial charge in [0.15, 0.2) is 11.5 Å². The van der Waals surface area contributed by atoms with Crippen LogP contribution in [0.5, 0.6) is 0 Å². The number of carbonyl (C=O) groups is 1. The van der Waals surface area contributed by atoms with Crippen LogP contribution in [0.4, 0.5) is 10.1 Å². The summed E-state index contributed by atoms with van der Waals surface area (Å²) in [6, 6.07) is 1.69. The summed E-state index contributed by atoms with van der Waals surface area (Å²) in [4.78, 5) is 20.8. The molecule has 2 unspecified atom stereocenters. The summed E-state index contributed by atoms with van der Waals surface area (Å²) in [7, 11) is 0. The molecule has 1 N–H and O–H groups in total. The highest BCUT2D eigenvalue weighted by atomic mass is 32.1. The van der Waals surface area contributed by atoms with Gasteiger partial charge >= 0.3 is 0 Å². The third kappa shape index (κ3) is 4.10. The normalized spacial score (nSPS) is 21.7. The maximum Gasteiger partial charge on any atom is 0.273 e. The third-order valence-corrected chi connectivity index (χ3v) is 6.74. The van der Waals surface area contributed by atoms with Crippen LogP contribution in [0.2, 0.25) is 0 Å². The lowest BCUT2D eigenvalue weighted by Gasteiger charge is -2.37. The molecule has 0 saturated carbocycles. The number of aromatic nitrogens is 2. The van der Waals surface area contributed by atoms with Gasteiger partial charge < -0.3 is 28.9 Å². The lowest BCUT2D eigenvalue weighted by atomic mass is 10.1. The molecule has 3 aromatic rings. The van der Waals surface area contributed by atoms with Gasteiger partial charge in [0.05, 0.1) is 43.1 Å².